The van der Waals surface area contributed by atoms with Crippen LogP contribution in [0.3, 0.4) is 0 Å². The Bertz CT molecular complexity index is 347. The topological polar surface area (TPSA) is 12.0 Å². The van der Waals surface area contributed by atoms with Crippen molar-refractivity contribution >= 4 is 0 Å². The van der Waals surface area contributed by atoms with Crippen LogP contribution in [0.5, 0.6) is 0 Å². The monoisotopic (exact) mass is 197 g/mol. The third-order valence-corrected chi connectivity index (χ3v) is 2.64. The van der Waals surface area contributed by atoms with E-state index >= 15 is 0 Å². The average Bonchev–Trinajstić information content (AvgIpc) is 2.17. The molecule has 1 aromatic carbocycles. The number of benzene rings is 1. The van der Waals surface area contributed by atoms with E-state index in [4.69, 9.17) is 0 Å². The molecule has 0 saturated carbocycles. The maximum absolute atomic E-state index is 13.5. The SMILES string of the molecule is CCc1ccc2c(c1)C(F)(F)CNC2. The maximum Gasteiger partial charge on any atom is 0.285 e. The van der Waals surface area contributed by atoms with E-state index in [2.05, 4.69) is 5.32 Å². The van der Waals surface area contributed by atoms with Crippen molar-refractivity contribution in [2.45, 2.75) is 25.8 Å². The van der Waals surface area contributed by atoms with Crippen molar-refractivity contribution < 1.29 is 8.78 Å². The highest BCUT2D eigenvalue weighted by Crippen LogP contribution is 2.33. The fraction of sp³-hybridized carbons (Fsp3) is 0.455. The highest BCUT2D eigenvalue weighted by Gasteiger charge is 2.36. The Hall–Kier alpha value is -0.960. The fourth-order valence-corrected chi connectivity index (χ4v) is 1.79. The predicted molar refractivity (Wildman–Crippen MR) is 51.4 cm³/mol. The standard InChI is InChI=1S/C11H13F2N/c1-2-8-3-4-9-6-14-7-11(12,13)10(9)5-8/h3-5,14H,2,6-7H2,1H3. The van der Waals surface area contributed by atoms with Crippen LogP contribution >= 0.6 is 0 Å². The molecule has 3 heteroatoms. The molecule has 0 saturated heterocycles. The Morgan fingerprint density at radius 1 is 1.43 bits per heavy atom. The summed E-state index contributed by atoms with van der Waals surface area (Å²) < 4.78 is 26.9. The van der Waals surface area contributed by atoms with Crippen molar-refractivity contribution in [1.29, 1.82) is 0 Å². The molecule has 1 aliphatic rings. The summed E-state index contributed by atoms with van der Waals surface area (Å²) in [7, 11) is 0. The lowest BCUT2D eigenvalue weighted by molar-refractivity contribution is -0.0108. The van der Waals surface area contributed by atoms with Crippen molar-refractivity contribution in [1.82, 2.24) is 5.32 Å². The third kappa shape index (κ3) is 1.52. The molecule has 0 bridgehead atoms. The number of nitrogens with one attached hydrogen (secondary N) is 1. The van der Waals surface area contributed by atoms with Crippen molar-refractivity contribution in [2.24, 2.45) is 0 Å². The van der Waals surface area contributed by atoms with Crippen LogP contribution < -0.4 is 5.32 Å². The number of aryl methyl sites for hydroxylation is 1. The van der Waals surface area contributed by atoms with Crippen molar-refractivity contribution in [2.75, 3.05) is 6.54 Å². The normalized spacial score (nSPS) is 19.1. The first-order valence-electron chi connectivity index (χ1n) is 4.84. The smallest absolute Gasteiger partial charge is 0.285 e. The van der Waals surface area contributed by atoms with Crippen LogP contribution in [0.4, 0.5) is 8.78 Å². The van der Waals surface area contributed by atoms with Gasteiger partial charge in [0.15, 0.2) is 0 Å². The highest BCUT2D eigenvalue weighted by molar-refractivity contribution is 5.37. The van der Waals surface area contributed by atoms with Gasteiger partial charge in [-0.1, -0.05) is 19.1 Å². The molecule has 1 aliphatic heterocycles. The van der Waals surface area contributed by atoms with Gasteiger partial charge in [0.05, 0.1) is 6.54 Å². The minimum atomic E-state index is -2.71. The van der Waals surface area contributed by atoms with E-state index in [1.165, 1.54) is 0 Å². The Balaban J connectivity index is 2.49. The molecular weight excluding hydrogens is 184 g/mol. The van der Waals surface area contributed by atoms with E-state index in [0.717, 1.165) is 17.5 Å². The summed E-state index contributed by atoms with van der Waals surface area (Å²) >= 11 is 0. The molecule has 0 aromatic heterocycles. The molecule has 0 spiro atoms. The molecule has 0 fully saturated rings. The summed E-state index contributed by atoms with van der Waals surface area (Å²) in [5.41, 5.74) is 1.90. The second kappa shape index (κ2) is 3.31. The molecule has 0 aliphatic carbocycles. The first kappa shape index (κ1) is 9.59. The number of hydrogen-bond donors (Lipinski definition) is 1. The Labute approximate surface area is 82.1 Å². The van der Waals surface area contributed by atoms with E-state index < -0.39 is 5.92 Å². The van der Waals surface area contributed by atoms with Gasteiger partial charge in [-0.3, -0.25) is 0 Å². The van der Waals surface area contributed by atoms with Gasteiger partial charge < -0.3 is 5.32 Å². The van der Waals surface area contributed by atoms with Crippen LogP contribution in [-0.4, -0.2) is 6.54 Å². The molecule has 76 valence electrons. The van der Waals surface area contributed by atoms with E-state index in [0.29, 0.717) is 6.54 Å². The zero-order chi connectivity index (χ0) is 10.2. The first-order chi connectivity index (χ1) is 6.63. The van der Waals surface area contributed by atoms with Gasteiger partial charge in [-0.2, -0.15) is 8.78 Å². The van der Waals surface area contributed by atoms with Gasteiger partial charge in [0.2, 0.25) is 0 Å². The van der Waals surface area contributed by atoms with E-state index in [9.17, 15) is 8.78 Å². The quantitative estimate of drug-likeness (QED) is 0.729. The predicted octanol–water partition coefficient (Wildman–Crippen LogP) is 2.44. The number of fused-ring (bicyclic) bond motifs is 1. The molecule has 1 aromatic rings. The molecular formula is C11H13F2N. The zero-order valence-electron chi connectivity index (χ0n) is 8.11. The van der Waals surface area contributed by atoms with Gasteiger partial charge in [-0.25, -0.2) is 0 Å². The van der Waals surface area contributed by atoms with Crippen LogP contribution in [-0.2, 0) is 18.9 Å². The van der Waals surface area contributed by atoms with Gasteiger partial charge >= 0.3 is 0 Å². The molecule has 2 rings (SSSR count). The van der Waals surface area contributed by atoms with Crippen LogP contribution in [0.2, 0.25) is 0 Å². The Morgan fingerprint density at radius 2 is 2.21 bits per heavy atom. The number of rotatable bonds is 1. The summed E-state index contributed by atoms with van der Waals surface area (Å²) in [5.74, 6) is -2.71. The van der Waals surface area contributed by atoms with Crippen molar-refractivity contribution in [3.05, 3.63) is 34.9 Å². The molecule has 1 N–H and O–H groups in total. The van der Waals surface area contributed by atoms with E-state index in [1.807, 2.05) is 13.0 Å². The largest absolute Gasteiger partial charge is 0.307 e. The second-order valence-corrected chi connectivity index (χ2v) is 3.65. The van der Waals surface area contributed by atoms with Gasteiger partial charge in [0.25, 0.3) is 5.92 Å². The fourth-order valence-electron chi connectivity index (χ4n) is 1.79. The number of hydrogen-bond acceptors (Lipinski definition) is 1. The van der Waals surface area contributed by atoms with Crippen LogP contribution in [0.1, 0.15) is 23.6 Å². The van der Waals surface area contributed by atoms with Gasteiger partial charge in [-0.15, -0.1) is 0 Å². The van der Waals surface area contributed by atoms with Crippen LogP contribution in [0.25, 0.3) is 0 Å². The lowest BCUT2D eigenvalue weighted by Crippen LogP contribution is -2.36. The van der Waals surface area contributed by atoms with Gasteiger partial charge in [0, 0.05) is 12.1 Å². The summed E-state index contributed by atoms with van der Waals surface area (Å²) in [6.45, 7) is 2.28. The third-order valence-electron chi connectivity index (χ3n) is 2.64. The summed E-state index contributed by atoms with van der Waals surface area (Å²) in [6.07, 6.45) is 0.802. The molecule has 1 heterocycles. The average molecular weight is 197 g/mol. The Kier molecular flexibility index (Phi) is 2.27. The van der Waals surface area contributed by atoms with Crippen molar-refractivity contribution in [3.8, 4) is 0 Å². The van der Waals surface area contributed by atoms with Crippen LogP contribution in [0, 0.1) is 0 Å². The van der Waals surface area contributed by atoms with Crippen LogP contribution in [0.15, 0.2) is 18.2 Å². The zero-order valence-corrected chi connectivity index (χ0v) is 8.11. The molecule has 1 nitrogen and oxygen atoms in total. The number of alkyl halides is 2. The molecule has 0 unspecified atom stereocenters. The van der Waals surface area contributed by atoms with E-state index in [1.54, 1.807) is 12.1 Å². The molecule has 0 atom stereocenters. The summed E-state index contributed by atoms with van der Waals surface area (Å²) in [6, 6.07) is 5.35. The summed E-state index contributed by atoms with van der Waals surface area (Å²) in [4.78, 5) is 0. The molecule has 14 heavy (non-hydrogen) atoms. The highest BCUT2D eigenvalue weighted by atomic mass is 19.3. The van der Waals surface area contributed by atoms with Gasteiger partial charge in [0.1, 0.15) is 0 Å². The summed E-state index contributed by atoms with van der Waals surface area (Å²) in [5, 5.41) is 2.72. The lowest BCUT2D eigenvalue weighted by Gasteiger charge is -2.26. The number of halogens is 2. The first-order valence-corrected chi connectivity index (χ1v) is 4.84. The lowest BCUT2D eigenvalue weighted by atomic mass is 9.95. The minimum absolute atomic E-state index is 0.204. The van der Waals surface area contributed by atoms with Gasteiger partial charge in [-0.05, 0) is 23.6 Å². The van der Waals surface area contributed by atoms with Crippen molar-refractivity contribution in [3.63, 3.8) is 0 Å². The maximum atomic E-state index is 13.5. The minimum Gasteiger partial charge on any atom is -0.307 e. The van der Waals surface area contributed by atoms with E-state index in [-0.39, 0.29) is 12.1 Å². The second-order valence-electron chi connectivity index (χ2n) is 3.65. The molecule has 0 amide bonds. The molecule has 0 radical (unpaired) electrons. The Morgan fingerprint density at radius 3 is 2.93 bits per heavy atom.